The summed E-state index contributed by atoms with van der Waals surface area (Å²) in [5.41, 5.74) is 1.73. The van der Waals surface area contributed by atoms with Gasteiger partial charge in [-0.05, 0) is 41.8 Å². The molecule has 0 atom stereocenters. The van der Waals surface area contributed by atoms with E-state index >= 15 is 0 Å². The van der Waals surface area contributed by atoms with Gasteiger partial charge in [0.2, 0.25) is 10.0 Å². The SMILES string of the molecule is CCn1cc(S(=O)(=O)NCCc2ccsc2)cc1CO. The van der Waals surface area contributed by atoms with Crippen LogP contribution < -0.4 is 4.72 Å². The third-order valence-corrected chi connectivity index (χ3v) is 5.22. The molecule has 0 amide bonds. The molecule has 0 unspecified atom stereocenters. The molecule has 0 aromatic carbocycles. The van der Waals surface area contributed by atoms with Crippen LogP contribution in [0, 0.1) is 0 Å². The van der Waals surface area contributed by atoms with Gasteiger partial charge < -0.3 is 9.67 Å². The van der Waals surface area contributed by atoms with Gasteiger partial charge in [-0.25, -0.2) is 13.1 Å². The minimum absolute atomic E-state index is 0.168. The van der Waals surface area contributed by atoms with Crippen LogP contribution in [0.3, 0.4) is 0 Å². The summed E-state index contributed by atoms with van der Waals surface area (Å²) in [5.74, 6) is 0. The van der Waals surface area contributed by atoms with E-state index in [0.29, 0.717) is 25.2 Å². The van der Waals surface area contributed by atoms with Gasteiger partial charge in [-0.1, -0.05) is 0 Å². The van der Waals surface area contributed by atoms with Crippen molar-refractivity contribution >= 4 is 21.4 Å². The van der Waals surface area contributed by atoms with Crippen molar-refractivity contribution in [2.75, 3.05) is 6.54 Å². The summed E-state index contributed by atoms with van der Waals surface area (Å²) in [5, 5.41) is 13.2. The van der Waals surface area contributed by atoms with Crippen molar-refractivity contribution in [2.45, 2.75) is 31.4 Å². The van der Waals surface area contributed by atoms with Gasteiger partial charge in [0.15, 0.2) is 0 Å². The fourth-order valence-electron chi connectivity index (χ4n) is 1.95. The van der Waals surface area contributed by atoms with Gasteiger partial charge in [0.05, 0.1) is 11.5 Å². The van der Waals surface area contributed by atoms with Crippen LogP contribution in [0.25, 0.3) is 0 Å². The molecule has 0 spiro atoms. The van der Waals surface area contributed by atoms with Crippen LogP contribution in [0.5, 0.6) is 0 Å². The fraction of sp³-hybridized carbons (Fsp3) is 0.385. The lowest BCUT2D eigenvalue weighted by atomic mass is 10.2. The summed E-state index contributed by atoms with van der Waals surface area (Å²) >= 11 is 1.60. The minimum Gasteiger partial charge on any atom is -0.390 e. The van der Waals surface area contributed by atoms with E-state index in [1.807, 2.05) is 23.8 Å². The molecular formula is C13H18N2O3S2. The van der Waals surface area contributed by atoms with E-state index in [2.05, 4.69) is 4.72 Å². The number of hydrogen-bond acceptors (Lipinski definition) is 4. The Morgan fingerprint density at radius 3 is 2.80 bits per heavy atom. The molecule has 7 heteroatoms. The zero-order valence-electron chi connectivity index (χ0n) is 11.2. The Labute approximate surface area is 122 Å². The van der Waals surface area contributed by atoms with Crippen molar-refractivity contribution in [1.29, 1.82) is 0 Å². The standard InChI is InChI=1S/C13H18N2O3S2/c1-2-15-8-13(7-12(15)9-16)20(17,18)14-5-3-11-4-6-19-10-11/h4,6-8,10,14,16H,2-3,5,9H2,1H3. The second-order valence-electron chi connectivity index (χ2n) is 4.39. The van der Waals surface area contributed by atoms with Crippen molar-refractivity contribution in [3.05, 3.63) is 40.3 Å². The maximum absolute atomic E-state index is 12.2. The highest BCUT2D eigenvalue weighted by molar-refractivity contribution is 7.89. The van der Waals surface area contributed by atoms with E-state index in [-0.39, 0.29) is 11.5 Å². The van der Waals surface area contributed by atoms with Gasteiger partial charge in [-0.15, -0.1) is 0 Å². The molecule has 5 nitrogen and oxygen atoms in total. The maximum atomic E-state index is 12.2. The van der Waals surface area contributed by atoms with E-state index in [0.717, 1.165) is 5.56 Å². The average Bonchev–Trinajstić information content (AvgIpc) is 3.07. The Kier molecular flexibility index (Phi) is 4.98. The van der Waals surface area contributed by atoms with Gasteiger partial charge in [-0.2, -0.15) is 11.3 Å². The van der Waals surface area contributed by atoms with Crippen LogP contribution in [0.1, 0.15) is 18.2 Å². The van der Waals surface area contributed by atoms with E-state index in [1.165, 1.54) is 6.07 Å². The summed E-state index contributed by atoms with van der Waals surface area (Å²) in [6, 6.07) is 3.49. The van der Waals surface area contributed by atoms with Crippen molar-refractivity contribution < 1.29 is 13.5 Å². The number of rotatable bonds is 7. The molecule has 2 aromatic rings. The molecule has 2 N–H and O–H groups in total. The first kappa shape index (κ1) is 15.2. The predicted molar refractivity (Wildman–Crippen MR) is 79.2 cm³/mol. The number of aromatic nitrogens is 1. The highest BCUT2D eigenvalue weighted by Crippen LogP contribution is 2.15. The van der Waals surface area contributed by atoms with Crippen molar-refractivity contribution in [1.82, 2.24) is 9.29 Å². The molecule has 2 rings (SSSR count). The summed E-state index contributed by atoms with van der Waals surface area (Å²) in [4.78, 5) is 0.203. The Balaban J connectivity index is 2.04. The van der Waals surface area contributed by atoms with Gasteiger partial charge in [0, 0.05) is 25.0 Å². The monoisotopic (exact) mass is 314 g/mol. The lowest BCUT2D eigenvalue weighted by molar-refractivity contribution is 0.271. The number of aliphatic hydroxyl groups is 1. The molecule has 2 heterocycles. The molecule has 0 radical (unpaired) electrons. The zero-order valence-corrected chi connectivity index (χ0v) is 12.9. The number of nitrogens with zero attached hydrogens (tertiary/aromatic N) is 1. The Morgan fingerprint density at radius 2 is 2.25 bits per heavy atom. The van der Waals surface area contributed by atoms with Crippen LogP contribution in [-0.2, 0) is 29.6 Å². The number of nitrogens with one attached hydrogen (secondary N) is 1. The number of hydrogen-bond donors (Lipinski definition) is 2. The third kappa shape index (κ3) is 3.49. The minimum atomic E-state index is -3.51. The summed E-state index contributed by atoms with van der Waals surface area (Å²) in [7, 11) is -3.51. The zero-order chi connectivity index (χ0) is 14.6. The second kappa shape index (κ2) is 6.53. The number of thiophene rings is 1. The van der Waals surface area contributed by atoms with E-state index in [1.54, 1.807) is 22.1 Å². The van der Waals surface area contributed by atoms with Crippen LogP contribution in [0.2, 0.25) is 0 Å². The fourth-order valence-corrected chi connectivity index (χ4v) is 3.74. The number of sulfonamides is 1. The Bertz CT molecular complexity index is 624. The van der Waals surface area contributed by atoms with Crippen molar-refractivity contribution in [2.24, 2.45) is 0 Å². The first-order valence-electron chi connectivity index (χ1n) is 6.37. The highest BCUT2D eigenvalue weighted by atomic mass is 32.2. The number of aliphatic hydroxyl groups excluding tert-OH is 1. The Hall–Kier alpha value is -1.15. The quantitative estimate of drug-likeness (QED) is 0.815. The topological polar surface area (TPSA) is 71.3 Å². The smallest absolute Gasteiger partial charge is 0.242 e. The van der Waals surface area contributed by atoms with Crippen LogP contribution in [0.15, 0.2) is 34.0 Å². The van der Waals surface area contributed by atoms with E-state index in [4.69, 9.17) is 0 Å². The summed E-state index contributed by atoms with van der Waals surface area (Å²) in [6.07, 6.45) is 2.22. The average molecular weight is 314 g/mol. The van der Waals surface area contributed by atoms with Gasteiger partial charge in [0.1, 0.15) is 0 Å². The molecule has 2 aromatic heterocycles. The molecule has 0 aliphatic carbocycles. The largest absolute Gasteiger partial charge is 0.390 e. The predicted octanol–water partition coefficient (Wildman–Crippen LogP) is 1.58. The highest BCUT2D eigenvalue weighted by Gasteiger charge is 2.17. The van der Waals surface area contributed by atoms with Gasteiger partial charge >= 0.3 is 0 Å². The first-order chi connectivity index (χ1) is 9.56. The molecular weight excluding hydrogens is 296 g/mol. The first-order valence-corrected chi connectivity index (χ1v) is 8.80. The summed E-state index contributed by atoms with van der Waals surface area (Å²) < 4.78 is 28.6. The molecule has 110 valence electrons. The second-order valence-corrected chi connectivity index (χ2v) is 6.94. The molecule has 0 bridgehead atoms. The molecule has 20 heavy (non-hydrogen) atoms. The molecule has 0 saturated carbocycles. The maximum Gasteiger partial charge on any atom is 0.242 e. The van der Waals surface area contributed by atoms with Crippen LogP contribution in [0.4, 0.5) is 0 Å². The molecule has 0 aliphatic heterocycles. The van der Waals surface area contributed by atoms with E-state index in [9.17, 15) is 13.5 Å². The Morgan fingerprint density at radius 1 is 1.45 bits per heavy atom. The number of aryl methyl sites for hydroxylation is 1. The lowest BCUT2D eigenvalue weighted by Gasteiger charge is -2.04. The van der Waals surface area contributed by atoms with E-state index < -0.39 is 10.0 Å². The molecule has 0 fully saturated rings. The summed E-state index contributed by atoms with van der Waals surface area (Å²) in [6.45, 7) is 2.73. The van der Waals surface area contributed by atoms with Crippen molar-refractivity contribution in [3.8, 4) is 0 Å². The van der Waals surface area contributed by atoms with Crippen molar-refractivity contribution in [3.63, 3.8) is 0 Å². The van der Waals surface area contributed by atoms with Crippen LogP contribution >= 0.6 is 11.3 Å². The van der Waals surface area contributed by atoms with Gasteiger partial charge in [-0.3, -0.25) is 0 Å². The molecule has 0 aliphatic rings. The molecule has 0 saturated heterocycles. The third-order valence-electron chi connectivity index (χ3n) is 3.06. The van der Waals surface area contributed by atoms with Crippen LogP contribution in [-0.4, -0.2) is 24.6 Å². The lowest BCUT2D eigenvalue weighted by Crippen LogP contribution is -2.25. The van der Waals surface area contributed by atoms with Gasteiger partial charge in [0.25, 0.3) is 0 Å². The normalized spacial score (nSPS) is 11.9.